The van der Waals surface area contributed by atoms with Gasteiger partial charge in [-0.05, 0) is 88.0 Å². The van der Waals surface area contributed by atoms with Gasteiger partial charge in [-0.1, -0.05) is 30.0 Å². The standard InChI is InChI=1S/C32H36FN5O4S/c1-18(2)26(33)31(40)37-15-7-8-20(17-37)35-29(39)28-27-25-24(13-14-34-30(25)43-28)38(32(41)36-27)23-12-11-22(16-19(23)3)42-21-9-5-4-6-10-21/h4-6,9-12,16,20,24-25,30,34H,7-8,13-15,17H2,1-3H3,(H,35,39)(H,36,41)/t20-,24?,25?,30?/m1/s1. The van der Waals surface area contributed by atoms with E-state index in [9.17, 15) is 18.8 Å². The van der Waals surface area contributed by atoms with Crippen LogP contribution in [-0.4, -0.2) is 59.8 Å². The van der Waals surface area contributed by atoms with Crippen LogP contribution >= 0.6 is 11.8 Å². The number of carbonyl (C=O) groups excluding carboxylic acids is 3. The number of thioether (sulfide) groups is 1. The maximum absolute atomic E-state index is 14.3. The van der Waals surface area contributed by atoms with Gasteiger partial charge < -0.3 is 25.6 Å². The van der Waals surface area contributed by atoms with Crippen LogP contribution in [0.15, 0.2) is 70.5 Å². The van der Waals surface area contributed by atoms with Crippen LogP contribution in [0.3, 0.4) is 0 Å². The van der Waals surface area contributed by atoms with E-state index in [0.29, 0.717) is 47.9 Å². The number of benzene rings is 2. The van der Waals surface area contributed by atoms with Crippen molar-refractivity contribution in [3.05, 3.63) is 76.1 Å². The minimum atomic E-state index is -0.743. The van der Waals surface area contributed by atoms with Gasteiger partial charge in [-0.15, -0.1) is 0 Å². The monoisotopic (exact) mass is 605 g/mol. The number of urea groups is 1. The van der Waals surface area contributed by atoms with Crippen molar-refractivity contribution in [1.82, 2.24) is 20.9 Å². The molecule has 3 saturated heterocycles. The minimum Gasteiger partial charge on any atom is -0.457 e. The third-order valence-electron chi connectivity index (χ3n) is 8.42. The molecule has 0 aromatic heterocycles. The summed E-state index contributed by atoms with van der Waals surface area (Å²) in [7, 11) is 0. The molecule has 3 unspecified atom stereocenters. The maximum Gasteiger partial charge on any atom is 0.326 e. The quantitative estimate of drug-likeness (QED) is 0.403. The average molecular weight is 606 g/mol. The summed E-state index contributed by atoms with van der Waals surface area (Å²) in [6.07, 6.45) is 2.10. The molecular weight excluding hydrogens is 569 g/mol. The van der Waals surface area contributed by atoms with Crippen molar-refractivity contribution in [2.75, 3.05) is 24.5 Å². The summed E-state index contributed by atoms with van der Waals surface area (Å²) >= 11 is 1.44. The van der Waals surface area contributed by atoms with Crippen molar-refractivity contribution in [2.45, 2.75) is 57.5 Å². The maximum atomic E-state index is 14.3. The molecule has 2 aromatic carbocycles. The topological polar surface area (TPSA) is 103 Å². The zero-order chi connectivity index (χ0) is 30.2. The lowest BCUT2D eigenvalue weighted by molar-refractivity contribution is -0.131. The van der Waals surface area contributed by atoms with Gasteiger partial charge in [0.25, 0.3) is 11.8 Å². The lowest BCUT2D eigenvalue weighted by Gasteiger charge is -2.46. The van der Waals surface area contributed by atoms with Crippen molar-refractivity contribution < 1.29 is 23.5 Å². The van der Waals surface area contributed by atoms with E-state index >= 15 is 0 Å². The number of anilines is 1. The molecule has 6 rings (SSSR count). The number of likely N-dealkylation sites (tertiary alicyclic amines) is 1. The normalized spacial score (nSPS) is 24.7. The third-order valence-corrected chi connectivity index (χ3v) is 9.78. The third kappa shape index (κ3) is 5.75. The lowest BCUT2D eigenvalue weighted by Crippen LogP contribution is -2.62. The van der Waals surface area contributed by atoms with E-state index < -0.39 is 11.7 Å². The molecule has 4 aliphatic rings. The van der Waals surface area contributed by atoms with Crippen LogP contribution in [0, 0.1) is 12.8 Å². The van der Waals surface area contributed by atoms with Crippen LogP contribution in [0.25, 0.3) is 0 Å². The van der Waals surface area contributed by atoms with Crippen molar-refractivity contribution in [2.24, 2.45) is 5.92 Å². The number of amides is 4. The predicted octanol–water partition coefficient (Wildman–Crippen LogP) is 4.95. The van der Waals surface area contributed by atoms with Gasteiger partial charge >= 0.3 is 6.03 Å². The summed E-state index contributed by atoms with van der Waals surface area (Å²) in [6.45, 7) is 6.52. The van der Waals surface area contributed by atoms with Gasteiger partial charge in [0.1, 0.15) is 11.5 Å². The molecular formula is C32H36FN5O4S. The smallest absolute Gasteiger partial charge is 0.326 e. The summed E-state index contributed by atoms with van der Waals surface area (Å²) in [5, 5.41) is 9.58. The fourth-order valence-corrected chi connectivity index (χ4v) is 7.77. The Labute approximate surface area is 254 Å². The summed E-state index contributed by atoms with van der Waals surface area (Å²) in [4.78, 5) is 43.6. The van der Waals surface area contributed by atoms with Crippen molar-refractivity contribution >= 4 is 35.3 Å². The van der Waals surface area contributed by atoms with Gasteiger partial charge in [-0.25, -0.2) is 9.18 Å². The highest BCUT2D eigenvalue weighted by Gasteiger charge is 2.52. The number of halogens is 1. The van der Waals surface area contributed by atoms with Gasteiger partial charge in [-0.3, -0.25) is 14.5 Å². The molecule has 0 saturated carbocycles. The highest BCUT2D eigenvalue weighted by Crippen LogP contribution is 2.48. The average Bonchev–Trinajstić information content (AvgIpc) is 3.37. The molecule has 4 amide bonds. The van der Waals surface area contributed by atoms with Gasteiger partial charge in [-0.2, -0.15) is 0 Å². The zero-order valence-corrected chi connectivity index (χ0v) is 25.3. The molecule has 43 heavy (non-hydrogen) atoms. The zero-order valence-electron chi connectivity index (χ0n) is 24.5. The summed E-state index contributed by atoms with van der Waals surface area (Å²) in [5.41, 5.74) is 2.70. The molecule has 9 nitrogen and oxygen atoms in total. The first-order chi connectivity index (χ1) is 20.7. The number of carbonyl (C=O) groups is 3. The summed E-state index contributed by atoms with van der Waals surface area (Å²) in [5.74, 6) is -0.313. The van der Waals surface area contributed by atoms with E-state index in [4.69, 9.17) is 4.74 Å². The highest BCUT2D eigenvalue weighted by molar-refractivity contribution is 8.04. The van der Waals surface area contributed by atoms with Gasteiger partial charge in [0.05, 0.1) is 16.3 Å². The van der Waals surface area contributed by atoms with Crippen molar-refractivity contribution in [1.29, 1.82) is 0 Å². The highest BCUT2D eigenvalue weighted by atomic mass is 32.2. The molecule has 226 valence electrons. The Balaban J connectivity index is 1.19. The first-order valence-electron chi connectivity index (χ1n) is 14.7. The predicted molar refractivity (Wildman–Crippen MR) is 164 cm³/mol. The molecule has 2 aromatic rings. The first kappa shape index (κ1) is 29.3. The van der Waals surface area contributed by atoms with E-state index in [-0.39, 0.29) is 41.9 Å². The Morgan fingerprint density at radius 3 is 2.63 bits per heavy atom. The molecule has 3 fully saturated rings. The molecule has 4 atom stereocenters. The van der Waals surface area contributed by atoms with E-state index in [1.165, 1.54) is 16.7 Å². The number of hydrogen-bond donors (Lipinski definition) is 3. The lowest BCUT2D eigenvalue weighted by atomic mass is 9.86. The number of allylic oxidation sites excluding steroid dienone is 1. The van der Waals surface area contributed by atoms with E-state index in [1.807, 2.05) is 60.4 Å². The molecule has 0 spiro atoms. The fourth-order valence-electron chi connectivity index (χ4n) is 6.37. The molecule has 0 bridgehead atoms. The number of para-hydroxylation sites is 1. The number of nitrogens with zero attached hydrogens (tertiary/aromatic N) is 2. The molecule has 4 aliphatic heterocycles. The van der Waals surface area contributed by atoms with E-state index in [1.54, 1.807) is 13.8 Å². The molecule has 11 heteroatoms. The Kier molecular flexibility index (Phi) is 8.19. The number of rotatable bonds is 6. The summed E-state index contributed by atoms with van der Waals surface area (Å²) < 4.78 is 20.3. The van der Waals surface area contributed by atoms with Crippen LogP contribution in [0.2, 0.25) is 0 Å². The molecule has 3 N–H and O–H groups in total. The SMILES string of the molecule is CC(C)=C(F)C(=O)N1CCC[C@@H](NC(=O)C2=C3NC(=O)N(c4ccc(Oc5ccccc5)cc4C)C4CCNC(S2)C34)C1. The van der Waals surface area contributed by atoms with Crippen LogP contribution < -0.4 is 25.6 Å². The number of piperidine rings is 2. The van der Waals surface area contributed by atoms with Gasteiger partial charge in [0.2, 0.25) is 0 Å². The Bertz CT molecular complexity index is 1510. The van der Waals surface area contributed by atoms with Crippen LogP contribution in [0.4, 0.5) is 14.9 Å². The molecule has 0 aliphatic carbocycles. The second kappa shape index (κ2) is 12.0. The number of aryl methyl sites for hydroxylation is 1. The van der Waals surface area contributed by atoms with Crippen LogP contribution in [0.5, 0.6) is 11.5 Å². The van der Waals surface area contributed by atoms with Crippen LogP contribution in [0.1, 0.15) is 38.7 Å². The molecule has 0 radical (unpaired) electrons. The first-order valence-corrected chi connectivity index (χ1v) is 15.6. The summed E-state index contributed by atoms with van der Waals surface area (Å²) in [6, 6.07) is 14.6. The van der Waals surface area contributed by atoms with Gasteiger partial charge in [0, 0.05) is 36.4 Å². The number of hydrogen-bond acceptors (Lipinski definition) is 6. The van der Waals surface area contributed by atoms with Crippen molar-refractivity contribution in [3.63, 3.8) is 0 Å². The van der Waals surface area contributed by atoms with Crippen molar-refractivity contribution in [3.8, 4) is 11.5 Å². The minimum absolute atomic E-state index is 0.0604. The largest absolute Gasteiger partial charge is 0.457 e. The number of ether oxygens (including phenoxy) is 1. The Hall–Kier alpha value is -3.83. The molecule has 4 heterocycles. The second-order valence-corrected chi connectivity index (χ2v) is 12.8. The van der Waals surface area contributed by atoms with E-state index in [0.717, 1.165) is 23.4 Å². The van der Waals surface area contributed by atoms with E-state index in [2.05, 4.69) is 16.0 Å². The Morgan fingerprint density at radius 1 is 1.09 bits per heavy atom. The second-order valence-electron chi connectivity index (χ2n) is 11.7. The fraction of sp³-hybridized carbons (Fsp3) is 0.406. The number of nitrogens with one attached hydrogen (secondary N) is 3. The van der Waals surface area contributed by atoms with Gasteiger partial charge in [0.15, 0.2) is 5.83 Å². The van der Waals surface area contributed by atoms with Crippen LogP contribution in [-0.2, 0) is 9.59 Å². The Morgan fingerprint density at radius 2 is 1.88 bits per heavy atom.